The summed E-state index contributed by atoms with van der Waals surface area (Å²) in [7, 11) is 4.53. The zero-order valence-electron chi connectivity index (χ0n) is 13.1. The van der Waals surface area contributed by atoms with Crippen LogP contribution in [-0.2, 0) is 0 Å². The molecule has 3 nitrogen and oxygen atoms in total. The second-order valence-corrected chi connectivity index (χ2v) is 6.63. The van der Waals surface area contributed by atoms with Gasteiger partial charge in [-0.15, -0.1) is 0 Å². The molecule has 1 atom stereocenters. The SMILES string of the molecule is CC(C)CNCC(C)CN(C)C1CCN(C)CC1. The average molecular weight is 255 g/mol. The number of hydrogen-bond donors (Lipinski definition) is 1. The third-order valence-electron chi connectivity index (χ3n) is 3.96. The highest BCUT2D eigenvalue weighted by molar-refractivity contribution is 4.78. The minimum Gasteiger partial charge on any atom is -0.316 e. The molecule has 1 heterocycles. The van der Waals surface area contributed by atoms with Crippen LogP contribution in [0.3, 0.4) is 0 Å². The van der Waals surface area contributed by atoms with Crippen molar-refractivity contribution in [2.24, 2.45) is 11.8 Å². The van der Waals surface area contributed by atoms with E-state index in [1.54, 1.807) is 0 Å². The number of nitrogens with one attached hydrogen (secondary N) is 1. The van der Waals surface area contributed by atoms with E-state index >= 15 is 0 Å². The first-order valence-corrected chi connectivity index (χ1v) is 7.58. The summed E-state index contributed by atoms with van der Waals surface area (Å²) in [6.45, 7) is 12.9. The molecule has 3 heteroatoms. The minimum atomic E-state index is 0.744. The summed E-state index contributed by atoms with van der Waals surface area (Å²) in [6, 6.07) is 0.800. The summed E-state index contributed by atoms with van der Waals surface area (Å²) in [6.07, 6.45) is 2.66. The maximum absolute atomic E-state index is 3.57. The molecule has 0 aromatic rings. The number of nitrogens with zero attached hydrogens (tertiary/aromatic N) is 2. The zero-order chi connectivity index (χ0) is 13.5. The Morgan fingerprint density at radius 2 is 1.78 bits per heavy atom. The summed E-state index contributed by atoms with van der Waals surface area (Å²) < 4.78 is 0. The van der Waals surface area contributed by atoms with Crippen LogP contribution in [0.25, 0.3) is 0 Å². The largest absolute Gasteiger partial charge is 0.316 e. The van der Waals surface area contributed by atoms with Crippen LogP contribution in [0.15, 0.2) is 0 Å². The van der Waals surface area contributed by atoms with E-state index in [0.717, 1.165) is 31.0 Å². The highest BCUT2D eigenvalue weighted by Gasteiger charge is 2.21. The van der Waals surface area contributed by atoms with E-state index in [0.29, 0.717) is 0 Å². The Hall–Kier alpha value is -0.120. The van der Waals surface area contributed by atoms with Crippen molar-refractivity contribution < 1.29 is 0 Å². The second kappa shape index (κ2) is 8.13. The molecule has 1 saturated heterocycles. The average Bonchev–Trinajstić information content (AvgIpc) is 2.29. The maximum atomic E-state index is 3.57. The predicted octanol–water partition coefficient (Wildman–Crippen LogP) is 1.89. The van der Waals surface area contributed by atoms with Crippen LogP contribution < -0.4 is 5.32 Å². The van der Waals surface area contributed by atoms with Crippen molar-refractivity contribution in [2.75, 3.05) is 46.8 Å². The fraction of sp³-hybridized carbons (Fsp3) is 1.00. The molecule has 0 amide bonds. The normalized spacial score (nSPS) is 20.8. The Balaban J connectivity index is 2.16. The fourth-order valence-electron chi connectivity index (χ4n) is 2.76. The van der Waals surface area contributed by atoms with Gasteiger partial charge in [0.1, 0.15) is 0 Å². The molecule has 1 aliphatic heterocycles. The van der Waals surface area contributed by atoms with Gasteiger partial charge in [-0.1, -0.05) is 20.8 Å². The van der Waals surface area contributed by atoms with Crippen LogP contribution in [0.1, 0.15) is 33.6 Å². The van der Waals surface area contributed by atoms with Crippen molar-refractivity contribution in [1.29, 1.82) is 0 Å². The van der Waals surface area contributed by atoms with Crippen LogP contribution in [0.5, 0.6) is 0 Å². The van der Waals surface area contributed by atoms with Crippen molar-refractivity contribution in [3.05, 3.63) is 0 Å². The third-order valence-corrected chi connectivity index (χ3v) is 3.96. The monoisotopic (exact) mass is 255 g/mol. The summed E-state index contributed by atoms with van der Waals surface area (Å²) in [5.74, 6) is 1.50. The van der Waals surface area contributed by atoms with Crippen LogP contribution in [0.2, 0.25) is 0 Å². The first kappa shape index (κ1) is 15.9. The second-order valence-electron chi connectivity index (χ2n) is 6.63. The number of rotatable bonds is 7. The van der Waals surface area contributed by atoms with Gasteiger partial charge < -0.3 is 15.1 Å². The summed E-state index contributed by atoms with van der Waals surface area (Å²) >= 11 is 0. The van der Waals surface area contributed by atoms with Gasteiger partial charge in [0.05, 0.1) is 0 Å². The topological polar surface area (TPSA) is 18.5 Å². The Morgan fingerprint density at radius 3 is 2.33 bits per heavy atom. The Labute approximate surface area is 114 Å². The molecule has 0 aromatic heterocycles. The highest BCUT2D eigenvalue weighted by atomic mass is 15.2. The van der Waals surface area contributed by atoms with E-state index in [1.807, 2.05) is 0 Å². The molecule has 0 aliphatic carbocycles. The van der Waals surface area contributed by atoms with Crippen LogP contribution in [-0.4, -0.2) is 62.7 Å². The number of hydrogen-bond acceptors (Lipinski definition) is 3. The van der Waals surface area contributed by atoms with Crippen molar-refractivity contribution >= 4 is 0 Å². The van der Waals surface area contributed by atoms with Crippen molar-refractivity contribution in [3.8, 4) is 0 Å². The van der Waals surface area contributed by atoms with Gasteiger partial charge in [-0.2, -0.15) is 0 Å². The predicted molar refractivity (Wildman–Crippen MR) is 80.0 cm³/mol. The van der Waals surface area contributed by atoms with E-state index in [9.17, 15) is 0 Å². The number of likely N-dealkylation sites (tertiary alicyclic amines) is 1. The van der Waals surface area contributed by atoms with E-state index in [2.05, 4.69) is 50.0 Å². The van der Waals surface area contributed by atoms with Gasteiger partial charge >= 0.3 is 0 Å². The van der Waals surface area contributed by atoms with Crippen LogP contribution >= 0.6 is 0 Å². The van der Waals surface area contributed by atoms with Crippen molar-refractivity contribution in [3.63, 3.8) is 0 Å². The van der Waals surface area contributed by atoms with E-state index < -0.39 is 0 Å². The Bertz CT molecular complexity index is 210. The van der Waals surface area contributed by atoms with Crippen LogP contribution in [0, 0.1) is 11.8 Å². The van der Waals surface area contributed by atoms with Gasteiger partial charge in [0.2, 0.25) is 0 Å². The molecule has 0 bridgehead atoms. The van der Waals surface area contributed by atoms with Gasteiger partial charge in [0, 0.05) is 12.6 Å². The first-order valence-electron chi connectivity index (χ1n) is 7.58. The molecule has 0 saturated carbocycles. The fourth-order valence-corrected chi connectivity index (χ4v) is 2.76. The molecule has 0 aromatic carbocycles. The molecule has 1 fully saturated rings. The summed E-state index contributed by atoms with van der Waals surface area (Å²) in [5.41, 5.74) is 0. The molecule has 1 unspecified atom stereocenters. The lowest BCUT2D eigenvalue weighted by atomic mass is 10.0. The van der Waals surface area contributed by atoms with E-state index in [1.165, 1.54) is 32.5 Å². The molecule has 18 heavy (non-hydrogen) atoms. The highest BCUT2D eigenvalue weighted by Crippen LogP contribution is 2.15. The maximum Gasteiger partial charge on any atom is 0.0117 e. The molecule has 1 aliphatic rings. The van der Waals surface area contributed by atoms with Gasteiger partial charge in [-0.3, -0.25) is 0 Å². The first-order chi connectivity index (χ1) is 8.49. The van der Waals surface area contributed by atoms with Crippen molar-refractivity contribution in [2.45, 2.75) is 39.7 Å². The molecule has 1 rings (SSSR count). The quantitative estimate of drug-likeness (QED) is 0.749. The van der Waals surface area contributed by atoms with Crippen LogP contribution in [0.4, 0.5) is 0 Å². The lowest BCUT2D eigenvalue weighted by molar-refractivity contribution is 0.131. The Kier molecular flexibility index (Phi) is 7.20. The molecule has 1 N–H and O–H groups in total. The van der Waals surface area contributed by atoms with E-state index in [4.69, 9.17) is 0 Å². The molecular formula is C15H33N3. The van der Waals surface area contributed by atoms with E-state index in [-0.39, 0.29) is 0 Å². The molecular weight excluding hydrogens is 222 g/mol. The molecule has 108 valence electrons. The summed E-state index contributed by atoms with van der Waals surface area (Å²) in [5, 5.41) is 3.57. The Morgan fingerprint density at radius 1 is 1.17 bits per heavy atom. The summed E-state index contributed by atoms with van der Waals surface area (Å²) in [4.78, 5) is 5.02. The standard InChI is InChI=1S/C15H33N3/c1-13(2)10-16-11-14(3)12-18(5)15-6-8-17(4)9-7-15/h13-16H,6-12H2,1-5H3. The van der Waals surface area contributed by atoms with Crippen molar-refractivity contribution in [1.82, 2.24) is 15.1 Å². The lowest BCUT2D eigenvalue weighted by Gasteiger charge is -2.36. The smallest absolute Gasteiger partial charge is 0.0117 e. The lowest BCUT2D eigenvalue weighted by Crippen LogP contribution is -2.44. The van der Waals surface area contributed by atoms with Gasteiger partial charge in [0.15, 0.2) is 0 Å². The number of piperidine rings is 1. The van der Waals surface area contributed by atoms with Gasteiger partial charge in [-0.05, 0) is 65.0 Å². The minimum absolute atomic E-state index is 0.744. The van der Waals surface area contributed by atoms with Gasteiger partial charge in [0.25, 0.3) is 0 Å². The van der Waals surface area contributed by atoms with Gasteiger partial charge in [-0.25, -0.2) is 0 Å². The third kappa shape index (κ3) is 6.17. The molecule has 0 spiro atoms. The zero-order valence-corrected chi connectivity index (χ0v) is 13.1. The molecule has 0 radical (unpaired) electrons.